The molecule has 14 heteroatoms. The van der Waals surface area contributed by atoms with E-state index < -0.39 is 11.9 Å². The molecule has 11 nitrogen and oxygen atoms in total. The molecule has 59 heavy (non-hydrogen) atoms. The lowest BCUT2D eigenvalue weighted by atomic mass is 9.98. The quantitative estimate of drug-likeness (QED) is 0.135. The van der Waals surface area contributed by atoms with Gasteiger partial charge in [0.15, 0.2) is 0 Å². The molecule has 0 bridgehead atoms. The lowest BCUT2D eigenvalue weighted by Gasteiger charge is -2.40. The van der Waals surface area contributed by atoms with E-state index in [-0.39, 0.29) is 28.8 Å². The van der Waals surface area contributed by atoms with E-state index in [1.54, 1.807) is 18.3 Å². The monoisotopic (exact) mass is 826 g/mol. The Morgan fingerprint density at radius 3 is 2.41 bits per heavy atom. The molecule has 1 fully saturated rings. The summed E-state index contributed by atoms with van der Waals surface area (Å²) in [6.45, 7) is 8.59. The van der Waals surface area contributed by atoms with Gasteiger partial charge in [0.1, 0.15) is 23.6 Å². The normalized spacial score (nSPS) is 13.9. The van der Waals surface area contributed by atoms with Crippen LogP contribution in [0.3, 0.4) is 0 Å². The Labute approximate surface area is 351 Å². The van der Waals surface area contributed by atoms with Crippen molar-refractivity contribution in [3.8, 4) is 12.1 Å². The van der Waals surface area contributed by atoms with Gasteiger partial charge < -0.3 is 15.7 Å². The molecule has 298 valence electrons. The van der Waals surface area contributed by atoms with Gasteiger partial charge in [-0.2, -0.15) is 10.5 Å². The average molecular weight is 828 g/mol. The van der Waals surface area contributed by atoms with Gasteiger partial charge in [-0.05, 0) is 87.2 Å². The molecule has 0 radical (unpaired) electrons. The van der Waals surface area contributed by atoms with Crippen molar-refractivity contribution >= 4 is 62.1 Å². The number of nitriles is 2. The van der Waals surface area contributed by atoms with Crippen molar-refractivity contribution < 1.29 is 9.50 Å². The molecule has 0 spiro atoms. The predicted octanol–water partition coefficient (Wildman–Crippen LogP) is 10.1. The SMILES string of the molecule is CC(C)(C)N1CCC(n2cc(C(Nc3cc(Cl)c4ncc(C#N)c(Nc5ccc(F)c(Cl)c5)c4c3)c3cccc(CO)c3)nn2)CC1.N#Cc1cnc2ccccc2c1. The zero-order chi connectivity index (χ0) is 41.7. The van der Waals surface area contributed by atoms with Crippen LogP contribution in [0.4, 0.5) is 21.5 Å². The minimum atomic E-state index is -0.546. The van der Waals surface area contributed by atoms with Gasteiger partial charge >= 0.3 is 0 Å². The Balaban J connectivity index is 0.000000375. The molecule has 4 heterocycles. The molecule has 1 aliphatic heterocycles. The second-order valence-electron chi connectivity index (χ2n) is 15.3. The zero-order valence-electron chi connectivity index (χ0n) is 32.7. The maximum Gasteiger partial charge on any atom is 0.141 e. The summed E-state index contributed by atoms with van der Waals surface area (Å²) in [4.78, 5) is 11.1. The summed E-state index contributed by atoms with van der Waals surface area (Å²) < 4.78 is 15.8. The van der Waals surface area contributed by atoms with Gasteiger partial charge in [0.05, 0.1) is 62.8 Å². The lowest BCUT2D eigenvalue weighted by molar-refractivity contribution is 0.0866. The molecule has 0 saturated carbocycles. The van der Waals surface area contributed by atoms with Crippen LogP contribution in [0, 0.1) is 28.5 Å². The number of pyridine rings is 2. The van der Waals surface area contributed by atoms with Crippen molar-refractivity contribution in [2.45, 2.75) is 57.8 Å². The number of rotatable bonds is 8. The standard InChI is InChI=1S/C35H35Cl2FN8O.C10H6N2/c1-35(2,3)45-11-9-26(10-12-45)46-19-31(43-44-46)33(22-6-4-5-21(13-22)20-47)42-25-14-27-32(41-24-7-8-30(38)28(36)15-24)23(17-39)18-40-34(27)29(37)16-25;11-6-8-5-9-3-1-2-4-10(9)12-7-8/h4-8,13-16,18-19,26,33,42,47H,9-12,20H2,1-3H3,(H,40,41);1-5,7H. The highest BCUT2D eigenvalue weighted by atomic mass is 35.5. The molecule has 1 unspecified atom stereocenters. The molecule has 3 N–H and O–H groups in total. The third kappa shape index (κ3) is 9.44. The van der Waals surface area contributed by atoms with Gasteiger partial charge in [-0.15, -0.1) is 5.10 Å². The van der Waals surface area contributed by atoms with Crippen LogP contribution in [0.15, 0.2) is 104 Å². The van der Waals surface area contributed by atoms with E-state index >= 15 is 0 Å². The van der Waals surface area contributed by atoms with E-state index in [0.29, 0.717) is 44.2 Å². The highest BCUT2D eigenvalue weighted by Crippen LogP contribution is 2.38. The Bertz CT molecular complexity index is 2710. The van der Waals surface area contributed by atoms with E-state index in [1.165, 1.54) is 18.3 Å². The average Bonchev–Trinajstić information content (AvgIpc) is 3.74. The van der Waals surface area contributed by atoms with Gasteiger partial charge in [0, 0.05) is 53.2 Å². The topological polar surface area (TPSA) is 152 Å². The number of hydrogen-bond donors (Lipinski definition) is 3. The number of benzene rings is 4. The van der Waals surface area contributed by atoms with Gasteiger partial charge in [-0.25, -0.2) is 9.07 Å². The van der Waals surface area contributed by atoms with Crippen LogP contribution in [0.2, 0.25) is 10.0 Å². The van der Waals surface area contributed by atoms with Crippen molar-refractivity contribution in [3.05, 3.63) is 147 Å². The Morgan fingerprint density at radius 2 is 1.68 bits per heavy atom. The summed E-state index contributed by atoms with van der Waals surface area (Å²) in [7, 11) is 0. The first-order chi connectivity index (χ1) is 28.4. The largest absolute Gasteiger partial charge is 0.392 e. The third-order valence-corrected chi connectivity index (χ3v) is 10.9. The third-order valence-electron chi connectivity index (χ3n) is 10.3. The summed E-state index contributed by atoms with van der Waals surface area (Å²) in [5.74, 6) is -0.546. The van der Waals surface area contributed by atoms with Gasteiger partial charge in [-0.3, -0.25) is 14.9 Å². The summed E-state index contributed by atoms with van der Waals surface area (Å²) in [5.41, 5.74) is 6.37. The van der Waals surface area contributed by atoms with E-state index in [0.717, 1.165) is 48.0 Å². The maximum absolute atomic E-state index is 13.9. The van der Waals surface area contributed by atoms with Gasteiger partial charge in [0.2, 0.25) is 0 Å². The van der Waals surface area contributed by atoms with Gasteiger partial charge in [-0.1, -0.05) is 70.9 Å². The van der Waals surface area contributed by atoms with E-state index in [9.17, 15) is 14.8 Å². The minimum Gasteiger partial charge on any atom is -0.392 e. The number of aliphatic hydroxyl groups excluding tert-OH is 1. The molecule has 1 saturated heterocycles. The molecule has 1 aliphatic rings. The highest BCUT2D eigenvalue weighted by molar-refractivity contribution is 6.36. The number of anilines is 3. The van der Waals surface area contributed by atoms with Crippen LogP contribution in [-0.2, 0) is 6.61 Å². The second kappa shape index (κ2) is 17.8. The first-order valence-electron chi connectivity index (χ1n) is 19.1. The fourth-order valence-electron chi connectivity index (χ4n) is 7.18. The number of aromatic nitrogens is 5. The van der Waals surface area contributed by atoms with E-state index in [1.807, 2.05) is 71.5 Å². The summed E-state index contributed by atoms with van der Waals surface area (Å²) in [6, 6.07) is 29.2. The van der Waals surface area contributed by atoms with Crippen molar-refractivity contribution in [2.75, 3.05) is 23.7 Å². The fraction of sp³-hybridized carbons (Fsp3) is 0.244. The Morgan fingerprint density at radius 1 is 0.898 bits per heavy atom. The summed E-state index contributed by atoms with van der Waals surface area (Å²) >= 11 is 12.8. The number of halogens is 3. The first-order valence-corrected chi connectivity index (χ1v) is 19.8. The number of piperidine rings is 1. The van der Waals surface area contributed by atoms with Crippen molar-refractivity contribution in [1.29, 1.82) is 10.5 Å². The number of nitrogens with one attached hydrogen (secondary N) is 2. The van der Waals surface area contributed by atoms with Crippen molar-refractivity contribution in [1.82, 2.24) is 29.9 Å². The van der Waals surface area contributed by atoms with Crippen LogP contribution in [-0.4, -0.2) is 53.6 Å². The molecule has 1 atom stereocenters. The predicted molar refractivity (Wildman–Crippen MR) is 230 cm³/mol. The number of fused-ring (bicyclic) bond motifs is 2. The highest BCUT2D eigenvalue weighted by Gasteiger charge is 2.29. The van der Waals surface area contributed by atoms with Crippen molar-refractivity contribution in [2.24, 2.45) is 0 Å². The second-order valence-corrected chi connectivity index (χ2v) is 16.1. The smallest absolute Gasteiger partial charge is 0.141 e. The fourth-order valence-corrected chi connectivity index (χ4v) is 7.63. The summed E-state index contributed by atoms with van der Waals surface area (Å²) in [6.07, 6.45) is 6.97. The number of hydrogen-bond acceptors (Lipinski definition) is 10. The van der Waals surface area contributed by atoms with Crippen LogP contribution >= 0.6 is 23.2 Å². The number of para-hydroxylation sites is 1. The van der Waals surface area contributed by atoms with Crippen molar-refractivity contribution in [3.63, 3.8) is 0 Å². The Hall–Kier alpha value is -6.15. The molecule has 0 amide bonds. The first kappa shape index (κ1) is 41.0. The molecule has 7 aromatic rings. The lowest BCUT2D eigenvalue weighted by Crippen LogP contribution is -2.46. The Kier molecular flexibility index (Phi) is 12.4. The minimum absolute atomic E-state index is 0.0481. The summed E-state index contributed by atoms with van der Waals surface area (Å²) in [5, 5.41) is 46.3. The van der Waals surface area contributed by atoms with Gasteiger partial charge in [0.25, 0.3) is 0 Å². The molecule has 8 rings (SSSR count). The van der Waals surface area contributed by atoms with Crippen LogP contribution < -0.4 is 10.6 Å². The van der Waals surface area contributed by atoms with E-state index in [2.05, 4.69) is 68.7 Å². The van der Waals surface area contributed by atoms with Crippen LogP contribution in [0.25, 0.3) is 21.8 Å². The molecular weight excluding hydrogens is 786 g/mol. The number of likely N-dealkylation sites (tertiary alicyclic amines) is 1. The molecule has 4 aromatic carbocycles. The number of aliphatic hydroxyl groups is 1. The maximum atomic E-state index is 13.9. The molecule has 0 aliphatic carbocycles. The number of nitrogens with zero attached hydrogens (tertiary/aromatic N) is 8. The molecule has 3 aromatic heterocycles. The molecular formula is C45H41Cl2FN10O. The van der Waals surface area contributed by atoms with E-state index in [4.69, 9.17) is 28.5 Å². The van der Waals surface area contributed by atoms with Crippen LogP contribution in [0.5, 0.6) is 0 Å². The zero-order valence-corrected chi connectivity index (χ0v) is 34.2. The van der Waals surface area contributed by atoms with Crippen LogP contribution in [0.1, 0.15) is 73.6 Å².